The van der Waals surface area contributed by atoms with Gasteiger partial charge >= 0.3 is 0 Å². The molecule has 5 heteroatoms. The van der Waals surface area contributed by atoms with E-state index in [0.717, 1.165) is 13.0 Å². The van der Waals surface area contributed by atoms with Gasteiger partial charge in [0.05, 0.1) is 0 Å². The molecule has 0 fully saturated rings. The van der Waals surface area contributed by atoms with Crippen molar-refractivity contribution in [3.05, 3.63) is 21.9 Å². The molecular formula is C13H21N3OS. The summed E-state index contributed by atoms with van der Waals surface area (Å²) in [5.74, 6) is 0.0637. The summed E-state index contributed by atoms with van der Waals surface area (Å²) < 4.78 is 0. The van der Waals surface area contributed by atoms with E-state index < -0.39 is 0 Å². The van der Waals surface area contributed by atoms with Crippen LogP contribution in [0, 0.1) is 0 Å². The zero-order valence-corrected chi connectivity index (χ0v) is 11.8. The zero-order valence-electron chi connectivity index (χ0n) is 11.0. The van der Waals surface area contributed by atoms with E-state index in [2.05, 4.69) is 28.6 Å². The van der Waals surface area contributed by atoms with Crippen molar-refractivity contribution in [1.82, 2.24) is 10.2 Å². The zero-order chi connectivity index (χ0) is 13.1. The Bertz CT molecular complexity index is 418. The van der Waals surface area contributed by atoms with Gasteiger partial charge in [-0.3, -0.25) is 9.69 Å². The second-order valence-corrected chi connectivity index (χ2v) is 5.73. The number of carbonyl (C=O) groups excluding carboxylic acids is 1. The maximum Gasteiger partial charge on any atom is 0.221 e. The Kier molecular flexibility index (Phi) is 4.37. The molecule has 0 saturated heterocycles. The molecule has 2 unspecified atom stereocenters. The topological polar surface area (TPSA) is 58.4 Å². The maximum atomic E-state index is 11.5. The number of hydrogen-bond donors (Lipinski definition) is 2. The van der Waals surface area contributed by atoms with Gasteiger partial charge in [-0.2, -0.15) is 0 Å². The molecule has 1 aliphatic rings. The number of fused-ring (bicyclic) bond motifs is 1. The van der Waals surface area contributed by atoms with Crippen LogP contribution < -0.4 is 11.1 Å². The summed E-state index contributed by atoms with van der Waals surface area (Å²) in [5.41, 5.74) is 7.25. The molecule has 0 bridgehead atoms. The predicted molar refractivity (Wildman–Crippen MR) is 74.7 cm³/mol. The van der Waals surface area contributed by atoms with Gasteiger partial charge in [0.25, 0.3) is 0 Å². The van der Waals surface area contributed by atoms with Gasteiger partial charge in [0, 0.05) is 43.5 Å². The molecule has 1 aliphatic heterocycles. The van der Waals surface area contributed by atoms with E-state index in [0.29, 0.717) is 19.0 Å². The Morgan fingerprint density at radius 1 is 1.72 bits per heavy atom. The Balaban J connectivity index is 2.11. The minimum Gasteiger partial charge on any atom is -0.359 e. The minimum absolute atomic E-state index is 0.0637. The molecule has 1 aromatic heterocycles. The molecule has 3 N–H and O–H groups in total. The molecule has 1 aromatic rings. The second kappa shape index (κ2) is 5.82. The van der Waals surface area contributed by atoms with Gasteiger partial charge in [-0.05, 0) is 30.4 Å². The molecule has 0 aliphatic carbocycles. The van der Waals surface area contributed by atoms with E-state index in [-0.39, 0.29) is 11.9 Å². The van der Waals surface area contributed by atoms with Crippen molar-refractivity contribution in [2.75, 3.05) is 20.1 Å². The third kappa shape index (κ3) is 2.58. The van der Waals surface area contributed by atoms with Crippen molar-refractivity contribution >= 4 is 17.2 Å². The van der Waals surface area contributed by atoms with Crippen LogP contribution in [0.1, 0.15) is 29.8 Å². The molecular weight excluding hydrogens is 246 g/mol. The van der Waals surface area contributed by atoms with Crippen LogP contribution in [0.5, 0.6) is 0 Å². The van der Waals surface area contributed by atoms with E-state index in [1.54, 1.807) is 7.05 Å². The molecule has 1 amide bonds. The first-order chi connectivity index (χ1) is 8.67. The Labute approximate surface area is 112 Å². The fraction of sp³-hybridized carbons (Fsp3) is 0.615. The normalized spacial score (nSPS) is 21.4. The monoisotopic (exact) mass is 267 g/mol. The predicted octanol–water partition coefficient (Wildman–Crippen LogP) is 1.13. The highest BCUT2D eigenvalue weighted by atomic mass is 32.1. The number of nitrogens with two attached hydrogens (primary N) is 1. The van der Waals surface area contributed by atoms with Crippen molar-refractivity contribution in [3.8, 4) is 0 Å². The highest BCUT2D eigenvalue weighted by molar-refractivity contribution is 7.10. The van der Waals surface area contributed by atoms with E-state index in [4.69, 9.17) is 5.73 Å². The van der Waals surface area contributed by atoms with Crippen LogP contribution in [0.15, 0.2) is 11.4 Å². The first-order valence-electron chi connectivity index (χ1n) is 6.40. The number of nitrogens with zero attached hydrogens (tertiary/aromatic N) is 1. The molecule has 2 heterocycles. The van der Waals surface area contributed by atoms with Gasteiger partial charge in [0.1, 0.15) is 0 Å². The first kappa shape index (κ1) is 13.5. The van der Waals surface area contributed by atoms with E-state index >= 15 is 0 Å². The van der Waals surface area contributed by atoms with Crippen molar-refractivity contribution < 1.29 is 4.79 Å². The van der Waals surface area contributed by atoms with Crippen molar-refractivity contribution in [2.24, 2.45) is 5.73 Å². The number of hydrogen-bond acceptors (Lipinski definition) is 4. The molecule has 4 nitrogen and oxygen atoms in total. The molecule has 100 valence electrons. The average molecular weight is 267 g/mol. The maximum absolute atomic E-state index is 11.5. The van der Waals surface area contributed by atoms with Gasteiger partial charge in [-0.15, -0.1) is 11.3 Å². The van der Waals surface area contributed by atoms with Crippen molar-refractivity contribution in [2.45, 2.75) is 31.8 Å². The molecule has 0 aromatic carbocycles. The Morgan fingerprint density at radius 2 is 2.50 bits per heavy atom. The quantitative estimate of drug-likeness (QED) is 0.860. The summed E-state index contributed by atoms with van der Waals surface area (Å²) in [6.07, 6.45) is 1.55. The fourth-order valence-corrected chi connectivity index (χ4v) is 3.64. The van der Waals surface area contributed by atoms with Crippen molar-refractivity contribution in [1.29, 1.82) is 0 Å². The summed E-state index contributed by atoms with van der Waals surface area (Å²) in [6, 6.07) is 2.69. The molecule has 2 rings (SSSR count). The summed E-state index contributed by atoms with van der Waals surface area (Å²) in [6.45, 7) is 3.72. The molecule has 18 heavy (non-hydrogen) atoms. The third-order valence-electron chi connectivity index (χ3n) is 3.77. The highest BCUT2D eigenvalue weighted by Gasteiger charge is 2.30. The smallest absolute Gasteiger partial charge is 0.221 e. The minimum atomic E-state index is 0.0637. The number of nitrogens with one attached hydrogen (secondary N) is 1. The SMILES string of the molecule is CNC(=O)CC(CN)N1CCc2sccc2C1C. The van der Waals surface area contributed by atoms with Crippen LogP contribution in [-0.4, -0.2) is 37.0 Å². The fourth-order valence-electron chi connectivity index (χ4n) is 2.68. The lowest BCUT2D eigenvalue weighted by molar-refractivity contribution is -0.122. The van der Waals surface area contributed by atoms with Crippen LogP contribution >= 0.6 is 11.3 Å². The lowest BCUT2D eigenvalue weighted by Crippen LogP contribution is -2.47. The number of thiophene rings is 1. The van der Waals surface area contributed by atoms with Crippen LogP contribution in [0.25, 0.3) is 0 Å². The summed E-state index contributed by atoms with van der Waals surface area (Å²) in [5, 5.41) is 4.83. The Hall–Kier alpha value is -0.910. The van der Waals surface area contributed by atoms with Crippen LogP contribution in [-0.2, 0) is 11.2 Å². The van der Waals surface area contributed by atoms with Crippen LogP contribution in [0.4, 0.5) is 0 Å². The summed E-state index contributed by atoms with van der Waals surface area (Å²) in [4.78, 5) is 15.4. The lowest BCUT2D eigenvalue weighted by atomic mass is 9.98. The van der Waals surface area contributed by atoms with Crippen LogP contribution in [0.2, 0.25) is 0 Å². The standard InChI is InChI=1S/C13H21N3OS/c1-9-11-4-6-18-12(11)3-5-16(9)10(8-14)7-13(17)15-2/h4,6,9-10H,3,5,7-8,14H2,1-2H3,(H,15,17). The second-order valence-electron chi connectivity index (χ2n) is 4.73. The number of rotatable bonds is 4. The summed E-state index contributed by atoms with van der Waals surface area (Å²) >= 11 is 1.83. The molecule has 0 spiro atoms. The van der Waals surface area contributed by atoms with Gasteiger partial charge in [-0.25, -0.2) is 0 Å². The number of carbonyl (C=O) groups is 1. The third-order valence-corrected chi connectivity index (χ3v) is 4.76. The van der Waals surface area contributed by atoms with Gasteiger partial charge < -0.3 is 11.1 Å². The van der Waals surface area contributed by atoms with E-state index in [9.17, 15) is 4.79 Å². The largest absolute Gasteiger partial charge is 0.359 e. The van der Waals surface area contributed by atoms with Gasteiger partial charge in [0.15, 0.2) is 0 Å². The molecule has 0 saturated carbocycles. The van der Waals surface area contributed by atoms with Gasteiger partial charge in [-0.1, -0.05) is 0 Å². The highest BCUT2D eigenvalue weighted by Crippen LogP contribution is 2.34. The molecule has 0 radical (unpaired) electrons. The Morgan fingerprint density at radius 3 is 3.17 bits per heavy atom. The lowest BCUT2D eigenvalue weighted by Gasteiger charge is -2.39. The van der Waals surface area contributed by atoms with Crippen molar-refractivity contribution in [3.63, 3.8) is 0 Å². The first-order valence-corrected chi connectivity index (χ1v) is 7.28. The van der Waals surface area contributed by atoms with E-state index in [1.807, 2.05) is 11.3 Å². The average Bonchev–Trinajstić information content (AvgIpc) is 2.86. The van der Waals surface area contributed by atoms with E-state index in [1.165, 1.54) is 10.4 Å². The van der Waals surface area contributed by atoms with Gasteiger partial charge in [0.2, 0.25) is 5.91 Å². The van der Waals surface area contributed by atoms with Crippen LogP contribution in [0.3, 0.4) is 0 Å². The number of amides is 1. The molecule has 2 atom stereocenters. The summed E-state index contributed by atoms with van der Waals surface area (Å²) in [7, 11) is 1.67.